The Bertz CT molecular complexity index is 669. The summed E-state index contributed by atoms with van der Waals surface area (Å²) in [7, 11) is -1.70. The van der Waals surface area contributed by atoms with Gasteiger partial charge in [-0.25, -0.2) is 13.1 Å². The molecule has 6 nitrogen and oxygen atoms in total. The van der Waals surface area contributed by atoms with Crippen molar-refractivity contribution < 1.29 is 8.42 Å². The molecular weight excluding hydrogens is 332 g/mol. The molecule has 0 radical (unpaired) electrons. The van der Waals surface area contributed by atoms with E-state index >= 15 is 0 Å². The van der Waals surface area contributed by atoms with Gasteiger partial charge in [0.2, 0.25) is 10.0 Å². The molecule has 0 bridgehead atoms. The van der Waals surface area contributed by atoms with Gasteiger partial charge in [-0.05, 0) is 28.1 Å². The van der Waals surface area contributed by atoms with Gasteiger partial charge in [0.1, 0.15) is 4.90 Å². The smallest absolute Gasteiger partial charge is 0.242 e. The van der Waals surface area contributed by atoms with Gasteiger partial charge in [-0.2, -0.15) is 5.10 Å². The molecular formula is C11H13BrN4O2S. The molecule has 0 saturated carbocycles. The van der Waals surface area contributed by atoms with Crippen LogP contribution in [0.3, 0.4) is 0 Å². The van der Waals surface area contributed by atoms with Crippen molar-refractivity contribution in [3.05, 3.63) is 40.9 Å². The van der Waals surface area contributed by atoms with Crippen LogP contribution < -0.4 is 4.72 Å². The highest BCUT2D eigenvalue weighted by molar-refractivity contribution is 9.10. The summed E-state index contributed by atoms with van der Waals surface area (Å²) in [6.45, 7) is 0.314. The number of aryl methyl sites for hydroxylation is 1. The maximum atomic E-state index is 12.0. The van der Waals surface area contributed by atoms with E-state index in [4.69, 9.17) is 0 Å². The molecule has 0 aliphatic heterocycles. The van der Waals surface area contributed by atoms with E-state index in [-0.39, 0.29) is 4.90 Å². The number of rotatable bonds is 5. The zero-order chi connectivity index (χ0) is 13.9. The molecule has 8 heteroatoms. The third-order valence-corrected chi connectivity index (χ3v) is 4.45. The first-order valence-electron chi connectivity index (χ1n) is 5.56. The lowest BCUT2D eigenvalue weighted by atomic mass is 10.3. The average molecular weight is 345 g/mol. The molecule has 1 N–H and O–H groups in total. The lowest BCUT2D eigenvalue weighted by Crippen LogP contribution is -2.26. The van der Waals surface area contributed by atoms with Crippen molar-refractivity contribution in [3.63, 3.8) is 0 Å². The third kappa shape index (κ3) is 3.62. The summed E-state index contributed by atoms with van der Waals surface area (Å²) in [6.07, 6.45) is 5.12. The molecule has 0 saturated heterocycles. The van der Waals surface area contributed by atoms with Crippen molar-refractivity contribution in [1.82, 2.24) is 19.5 Å². The van der Waals surface area contributed by atoms with Crippen LogP contribution in [0.4, 0.5) is 0 Å². The number of hydrogen-bond acceptors (Lipinski definition) is 4. The zero-order valence-electron chi connectivity index (χ0n) is 10.2. The summed E-state index contributed by atoms with van der Waals surface area (Å²) in [6, 6.07) is 3.37. The number of hydrogen-bond donors (Lipinski definition) is 1. The Morgan fingerprint density at radius 1 is 1.42 bits per heavy atom. The molecule has 0 amide bonds. The minimum absolute atomic E-state index is 0.145. The third-order valence-electron chi connectivity index (χ3n) is 2.59. The van der Waals surface area contributed by atoms with Crippen molar-refractivity contribution in [1.29, 1.82) is 0 Å². The number of nitrogens with one attached hydrogen (secondary N) is 1. The molecule has 19 heavy (non-hydrogen) atoms. The van der Waals surface area contributed by atoms with Gasteiger partial charge in [0, 0.05) is 48.8 Å². The van der Waals surface area contributed by atoms with Crippen LogP contribution in [0.5, 0.6) is 0 Å². The minimum Gasteiger partial charge on any atom is -0.273 e. The van der Waals surface area contributed by atoms with E-state index in [0.29, 0.717) is 17.4 Å². The van der Waals surface area contributed by atoms with Gasteiger partial charge in [0.05, 0.1) is 0 Å². The van der Waals surface area contributed by atoms with Gasteiger partial charge < -0.3 is 0 Å². The van der Waals surface area contributed by atoms with Crippen LogP contribution in [0.1, 0.15) is 5.69 Å². The lowest BCUT2D eigenvalue weighted by molar-refractivity contribution is 0.579. The summed E-state index contributed by atoms with van der Waals surface area (Å²) in [5.41, 5.74) is 0.968. The van der Waals surface area contributed by atoms with Crippen LogP contribution in [0.25, 0.3) is 0 Å². The monoisotopic (exact) mass is 344 g/mol. The molecule has 0 aliphatic carbocycles. The number of nitrogens with zero attached hydrogens (tertiary/aromatic N) is 3. The van der Waals surface area contributed by atoms with E-state index in [0.717, 1.165) is 5.69 Å². The summed E-state index contributed by atoms with van der Waals surface area (Å²) >= 11 is 3.20. The van der Waals surface area contributed by atoms with Crippen LogP contribution in [0.2, 0.25) is 0 Å². The second-order valence-electron chi connectivity index (χ2n) is 3.93. The highest BCUT2D eigenvalue weighted by Crippen LogP contribution is 2.13. The number of pyridine rings is 1. The molecule has 2 rings (SSSR count). The topological polar surface area (TPSA) is 76.9 Å². The summed E-state index contributed by atoms with van der Waals surface area (Å²) in [4.78, 5) is 3.99. The van der Waals surface area contributed by atoms with Gasteiger partial charge in [-0.1, -0.05) is 0 Å². The fraction of sp³-hybridized carbons (Fsp3) is 0.273. The Balaban J connectivity index is 2.01. The highest BCUT2D eigenvalue weighted by atomic mass is 79.9. The van der Waals surface area contributed by atoms with Crippen LogP contribution in [-0.2, 0) is 23.5 Å². The molecule has 0 spiro atoms. The van der Waals surface area contributed by atoms with Gasteiger partial charge in [-0.3, -0.25) is 9.67 Å². The van der Waals surface area contributed by atoms with E-state index in [1.54, 1.807) is 10.9 Å². The molecule has 0 aromatic carbocycles. The Morgan fingerprint density at radius 2 is 2.21 bits per heavy atom. The quantitative estimate of drug-likeness (QED) is 0.880. The molecule has 0 aliphatic rings. The van der Waals surface area contributed by atoms with E-state index < -0.39 is 10.0 Å². The van der Waals surface area contributed by atoms with Crippen molar-refractivity contribution >= 4 is 26.0 Å². The lowest BCUT2D eigenvalue weighted by Gasteiger charge is -2.07. The Kier molecular flexibility index (Phi) is 4.33. The van der Waals surface area contributed by atoms with Crippen LogP contribution in [-0.4, -0.2) is 29.7 Å². The number of halogens is 1. The molecule has 102 valence electrons. The normalized spacial score (nSPS) is 11.7. The predicted octanol–water partition coefficient (Wildman–Crippen LogP) is 1.10. The van der Waals surface area contributed by atoms with Gasteiger partial charge in [0.15, 0.2) is 0 Å². The SMILES string of the molecule is Cn1nccc1CCNS(=O)(=O)c1cncc(Br)c1. The van der Waals surface area contributed by atoms with E-state index in [1.165, 1.54) is 18.5 Å². The molecule has 0 atom stereocenters. The molecule has 2 aromatic heterocycles. The maximum absolute atomic E-state index is 12.0. The van der Waals surface area contributed by atoms with Crippen LogP contribution in [0, 0.1) is 0 Å². The van der Waals surface area contributed by atoms with Gasteiger partial charge >= 0.3 is 0 Å². The molecule has 0 fully saturated rings. The van der Waals surface area contributed by atoms with E-state index in [1.807, 2.05) is 13.1 Å². The second-order valence-corrected chi connectivity index (χ2v) is 6.62. The van der Waals surface area contributed by atoms with Crippen molar-refractivity contribution in [2.45, 2.75) is 11.3 Å². The first-order valence-corrected chi connectivity index (χ1v) is 7.84. The van der Waals surface area contributed by atoms with Gasteiger partial charge in [-0.15, -0.1) is 0 Å². The predicted molar refractivity (Wildman–Crippen MR) is 74.0 cm³/mol. The average Bonchev–Trinajstić information content (AvgIpc) is 2.75. The summed E-state index contributed by atoms with van der Waals surface area (Å²) in [5.74, 6) is 0. The number of aromatic nitrogens is 3. The fourth-order valence-electron chi connectivity index (χ4n) is 1.58. The summed E-state index contributed by atoms with van der Waals surface area (Å²) < 4.78 is 28.9. The highest BCUT2D eigenvalue weighted by Gasteiger charge is 2.14. The first kappa shape index (κ1) is 14.2. The van der Waals surface area contributed by atoms with Crippen LogP contribution in [0.15, 0.2) is 40.1 Å². The van der Waals surface area contributed by atoms with Crippen molar-refractivity contribution in [3.8, 4) is 0 Å². The molecule has 2 heterocycles. The second kappa shape index (κ2) is 5.81. The van der Waals surface area contributed by atoms with E-state index in [2.05, 4.69) is 30.7 Å². The van der Waals surface area contributed by atoms with E-state index in [9.17, 15) is 8.42 Å². The first-order chi connectivity index (χ1) is 8.99. The van der Waals surface area contributed by atoms with Crippen molar-refractivity contribution in [2.24, 2.45) is 7.05 Å². The van der Waals surface area contributed by atoms with Crippen LogP contribution >= 0.6 is 15.9 Å². The minimum atomic E-state index is -3.52. The van der Waals surface area contributed by atoms with Gasteiger partial charge in [0.25, 0.3) is 0 Å². The van der Waals surface area contributed by atoms with Crippen molar-refractivity contribution in [2.75, 3.05) is 6.54 Å². The summed E-state index contributed by atoms with van der Waals surface area (Å²) in [5, 5.41) is 4.02. The Hall–Kier alpha value is -1.25. The standard InChI is InChI=1S/C11H13BrN4O2S/c1-16-10(2-4-14-16)3-5-15-19(17,18)11-6-9(12)7-13-8-11/h2,4,6-8,15H,3,5H2,1H3. The molecule has 2 aromatic rings. The zero-order valence-corrected chi connectivity index (χ0v) is 12.6. The Labute approximate surface area is 120 Å². The fourth-order valence-corrected chi connectivity index (χ4v) is 3.12. The Morgan fingerprint density at radius 3 is 2.84 bits per heavy atom. The number of sulfonamides is 1. The maximum Gasteiger partial charge on any atom is 0.242 e. The molecule has 0 unspecified atom stereocenters. The largest absolute Gasteiger partial charge is 0.273 e.